The van der Waals surface area contributed by atoms with Crippen molar-refractivity contribution >= 4 is 23.4 Å². The maximum atomic E-state index is 13.9. The molecule has 2 aliphatic rings. The molecule has 3 aromatic rings. The molecule has 5 rings (SSSR count). The van der Waals surface area contributed by atoms with E-state index in [9.17, 15) is 18.8 Å². The Morgan fingerprint density at radius 3 is 2.31 bits per heavy atom. The van der Waals surface area contributed by atoms with Gasteiger partial charge in [0, 0.05) is 43.1 Å². The number of hydrogen-bond donors (Lipinski definition) is 1. The Bertz CT molecular complexity index is 1500. The number of imidazole rings is 1. The standard InChI is InChI=1S/C32H40FN5O4/c1-31(2,3)24-17-25(21-10-12-23(33)13-11-21)35-38-18-26(34-28(24)38)30(42)37-15-14-36(19-32(37,4)5)29(41)22-8-6-20(7-9-22)16-27(39)40/h10-13,17-18,20,22H,6-9,14-16,19H2,1-5H3,(H,39,40). The predicted molar refractivity (Wildman–Crippen MR) is 156 cm³/mol. The first-order chi connectivity index (χ1) is 19.7. The Morgan fingerprint density at radius 2 is 1.71 bits per heavy atom. The minimum Gasteiger partial charge on any atom is -0.481 e. The van der Waals surface area contributed by atoms with Gasteiger partial charge in [-0.15, -0.1) is 0 Å². The lowest BCUT2D eigenvalue weighted by atomic mass is 9.79. The molecule has 2 fully saturated rings. The number of aliphatic carboxylic acids is 1. The third-order valence-corrected chi connectivity index (χ3v) is 8.71. The lowest BCUT2D eigenvalue weighted by Gasteiger charge is -2.47. The number of carboxylic acids is 1. The average molecular weight is 578 g/mol. The van der Waals surface area contributed by atoms with Crippen LogP contribution in [0.25, 0.3) is 16.9 Å². The summed E-state index contributed by atoms with van der Waals surface area (Å²) in [6, 6.07) is 8.12. The number of hydrogen-bond acceptors (Lipinski definition) is 5. The molecule has 9 nitrogen and oxygen atoms in total. The van der Waals surface area contributed by atoms with Gasteiger partial charge in [-0.3, -0.25) is 14.4 Å². The van der Waals surface area contributed by atoms with E-state index in [-0.39, 0.29) is 47.0 Å². The van der Waals surface area contributed by atoms with Gasteiger partial charge in [-0.1, -0.05) is 20.8 Å². The summed E-state index contributed by atoms with van der Waals surface area (Å²) in [6.45, 7) is 11.4. The van der Waals surface area contributed by atoms with E-state index in [1.165, 1.54) is 12.1 Å². The second-order valence-electron chi connectivity index (χ2n) is 13.4. The molecule has 0 atom stereocenters. The lowest BCUT2D eigenvalue weighted by Crippen LogP contribution is -2.62. The van der Waals surface area contributed by atoms with E-state index in [2.05, 4.69) is 20.8 Å². The van der Waals surface area contributed by atoms with Crippen LogP contribution in [0.15, 0.2) is 36.5 Å². The van der Waals surface area contributed by atoms with Crippen molar-refractivity contribution in [1.29, 1.82) is 0 Å². The van der Waals surface area contributed by atoms with Crippen LogP contribution in [0.4, 0.5) is 4.39 Å². The molecule has 0 bridgehead atoms. The molecule has 2 aromatic heterocycles. The smallest absolute Gasteiger partial charge is 0.303 e. The summed E-state index contributed by atoms with van der Waals surface area (Å²) in [5.74, 6) is -1.17. The average Bonchev–Trinajstić information content (AvgIpc) is 3.35. The van der Waals surface area contributed by atoms with Crippen molar-refractivity contribution in [3.8, 4) is 11.3 Å². The van der Waals surface area contributed by atoms with Crippen molar-refractivity contribution in [1.82, 2.24) is 24.4 Å². The zero-order chi connectivity index (χ0) is 30.4. The van der Waals surface area contributed by atoms with Crippen molar-refractivity contribution in [2.24, 2.45) is 11.8 Å². The fourth-order valence-electron chi connectivity index (χ4n) is 6.37. The second kappa shape index (κ2) is 11.1. The van der Waals surface area contributed by atoms with Gasteiger partial charge in [0.1, 0.15) is 11.5 Å². The summed E-state index contributed by atoms with van der Waals surface area (Å²) < 4.78 is 15.2. The highest BCUT2D eigenvalue weighted by molar-refractivity contribution is 5.94. The first-order valence-corrected chi connectivity index (χ1v) is 14.7. The number of benzene rings is 1. The summed E-state index contributed by atoms with van der Waals surface area (Å²) >= 11 is 0. The van der Waals surface area contributed by atoms with Crippen LogP contribution in [0.2, 0.25) is 0 Å². The summed E-state index contributed by atoms with van der Waals surface area (Å²) in [7, 11) is 0. The maximum Gasteiger partial charge on any atom is 0.303 e. The predicted octanol–water partition coefficient (Wildman–Crippen LogP) is 5.18. The lowest BCUT2D eigenvalue weighted by molar-refractivity contribution is -0.141. The molecule has 1 aliphatic carbocycles. The number of carboxylic acid groups (broad SMARTS) is 1. The zero-order valence-corrected chi connectivity index (χ0v) is 25.1. The third kappa shape index (κ3) is 6.03. The van der Waals surface area contributed by atoms with E-state index in [0.29, 0.717) is 43.8 Å². The van der Waals surface area contributed by atoms with E-state index >= 15 is 0 Å². The second-order valence-corrected chi connectivity index (χ2v) is 13.4. The molecule has 1 saturated carbocycles. The molecule has 224 valence electrons. The topological polar surface area (TPSA) is 108 Å². The highest BCUT2D eigenvalue weighted by Crippen LogP contribution is 2.34. The summed E-state index contributed by atoms with van der Waals surface area (Å²) in [4.78, 5) is 46.7. The van der Waals surface area contributed by atoms with Gasteiger partial charge in [-0.25, -0.2) is 13.9 Å². The van der Waals surface area contributed by atoms with Gasteiger partial charge in [-0.05, 0) is 81.2 Å². The van der Waals surface area contributed by atoms with Gasteiger partial charge in [0.2, 0.25) is 5.91 Å². The van der Waals surface area contributed by atoms with Crippen molar-refractivity contribution in [3.63, 3.8) is 0 Å². The number of rotatable bonds is 5. The minimum absolute atomic E-state index is 0.0938. The fourth-order valence-corrected chi connectivity index (χ4v) is 6.37. The number of halogens is 1. The van der Waals surface area contributed by atoms with Gasteiger partial charge >= 0.3 is 5.97 Å². The number of carbonyl (C=O) groups excluding carboxylic acids is 2. The maximum absolute atomic E-state index is 13.9. The van der Waals surface area contributed by atoms with Crippen molar-refractivity contribution in [2.45, 2.75) is 77.7 Å². The van der Waals surface area contributed by atoms with Crippen LogP contribution < -0.4 is 0 Å². The molecule has 3 heterocycles. The Kier molecular flexibility index (Phi) is 7.85. The molecule has 0 spiro atoms. The molecule has 1 aromatic carbocycles. The van der Waals surface area contributed by atoms with Gasteiger partial charge in [-0.2, -0.15) is 5.10 Å². The minimum atomic E-state index is -0.781. The molecule has 10 heteroatoms. The van der Waals surface area contributed by atoms with Crippen LogP contribution >= 0.6 is 0 Å². The summed E-state index contributed by atoms with van der Waals surface area (Å²) in [5, 5.41) is 13.8. The Labute approximate surface area is 245 Å². The fraction of sp³-hybridized carbons (Fsp3) is 0.531. The summed E-state index contributed by atoms with van der Waals surface area (Å²) in [6.07, 6.45) is 4.75. The molecule has 42 heavy (non-hydrogen) atoms. The normalized spacial score (nSPS) is 21.0. The van der Waals surface area contributed by atoms with Crippen LogP contribution in [-0.4, -0.2) is 72.5 Å². The Hall–Kier alpha value is -3.82. The molecule has 1 aliphatic heterocycles. The van der Waals surface area contributed by atoms with Gasteiger partial charge in [0.15, 0.2) is 5.65 Å². The van der Waals surface area contributed by atoms with E-state index in [1.807, 2.05) is 24.8 Å². The van der Waals surface area contributed by atoms with Crippen LogP contribution in [0.1, 0.15) is 82.8 Å². The van der Waals surface area contributed by atoms with E-state index < -0.39 is 11.5 Å². The third-order valence-electron chi connectivity index (χ3n) is 8.71. The van der Waals surface area contributed by atoms with E-state index in [1.54, 1.807) is 27.7 Å². The number of aromatic nitrogens is 3. The van der Waals surface area contributed by atoms with Crippen molar-refractivity contribution < 1.29 is 23.9 Å². The number of nitrogens with zero attached hydrogens (tertiary/aromatic N) is 5. The summed E-state index contributed by atoms with van der Waals surface area (Å²) in [5.41, 5.74) is 2.33. The van der Waals surface area contributed by atoms with Crippen LogP contribution in [-0.2, 0) is 15.0 Å². The zero-order valence-electron chi connectivity index (χ0n) is 25.1. The van der Waals surface area contributed by atoms with Gasteiger partial charge < -0.3 is 14.9 Å². The number of amides is 2. The number of carbonyl (C=O) groups is 3. The largest absolute Gasteiger partial charge is 0.481 e. The van der Waals surface area contributed by atoms with Crippen molar-refractivity contribution in [2.75, 3.05) is 19.6 Å². The molecule has 0 radical (unpaired) electrons. The molecule has 2 amide bonds. The highest BCUT2D eigenvalue weighted by Gasteiger charge is 2.41. The Morgan fingerprint density at radius 1 is 1.05 bits per heavy atom. The molecule has 0 unspecified atom stereocenters. The van der Waals surface area contributed by atoms with E-state index in [0.717, 1.165) is 24.0 Å². The SMILES string of the molecule is CC(C)(C)c1cc(-c2ccc(F)cc2)nn2cc(C(=O)N3CCN(C(=O)C4CCC(CC(=O)O)CC4)CC3(C)C)nc12. The number of fused-ring (bicyclic) bond motifs is 1. The van der Waals surface area contributed by atoms with Crippen LogP contribution in [0.5, 0.6) is 0 Å². The highest BCUT2D eigenvalue weighted by atomic mass is 19.1. The van der Waals surface area contributed by atoms with Crippen molar-refractivity contribution in [3.05, 3.63) is 53.6 Å². The van der Waals surface area contributed by atoms with Gasteiger partial charge in [0.05, 0.1) is 17.4 Å². The molecular weight excluding hydrogens is 537 g/mol. The molecule has 1 N–H and O–H groups in total. The number of piperazine rings is 1. The first-order valence-electron chi connectivity index (χ1n) is 14.7. The quantitative estimate of drug-likeness (QED) is 0.448. The van der Waals surface area contributed by atoms with Crippen LogP contribution in [0, 0.1) is 17.7 Å². The molecule has 1 saturated heterocycles. The monoisotopic (exact) mass is 577 g/mol. The first kappa shape index (κ1) is 29.7. The van der Waals surface area contributed by atoms with E-state index in [4.69, 9.17) is 15.2 Å². The molecular formula is C32H40FN5O4. The van der Waals surface area contributed by atoms with Gasteiger partial charge in [0.25, 0.3) is 5.91 Å². The van der Waals surface area contributed by atoms with Crippen LogP contribution in [0.3, 0.4) is 0 Å². The Balaban J connectivity index is 1.34.